The van der Waals surface area contributed by atoms with Gasteiger partial charge in [0.2, 0.25) is 5.91 Å². The van der Waals surface area contributed by atoms with Crippen molar-refractivity contribution in [3.63, 3.8) is 0 Å². The van der Waals surface area contributed by atoms with Crippen LogP contribution in [0.1, 0.15) is 11.1 Å². The second-order valence-corrected chi connectivity index (χ2v) is 5.41. The molecule has 0 unspecified atom stereocenters. The third kappa shape index (κ3) is 5.70. The van der Waals surface area contributed by atoms with Gasteiger partial charge in [-0.25, -0.2) is 0 Å². The lowest BCUT2D eigenvalue weighted by Gasteiger charge is -2.09. The summed E-state index contributed by atoms with van der Waals surface area (Å²) in [6, 6.07) is 13.0. The van der Waals surface area contributed by atoms with Crippen molar-refractivity contribution in [3.8, 4) is 17.2 Å². The number of carbonyl (C=O) groups excluding carboxylic acids is 1. The molecule has 0 heterocycles. The van der Waals surface area contributed by atoms with Crippen LogP contribution in [-0.2, 0) is 11.3 Å². The van der Waals surface area contributed by atoms with Crippen LogP contribution in [-0.4, -0.2) is 26.7 Å². The molecule has 5 nitrogen and oxygen atoms in total. The summed E-state index contributed by atoms with van der Waals surface area (Å²) in [5.41, 5.74) is 1.81. The quantitative estimate of drug-likeness (QED) is 0.553. The molecule has 1 N–H and O–H groups in total. The van der Waals surface area contributed by atoms with E-state index < -0.39 is 0 Å². The van der Waals surface area contributed by atoms with E-state index in [0.717, 1.165) is 16.9 Å². The zero-order chi connectivity index (χ0) is 18.8. The van der Waals surface area contributed by atoms with Crippen molar-refractivity contribution in [3.05, 3.63) is 72.3 Å². The number of methoxy groups -OCH3 is 2. The maximum absolute atomic E-state index is 12.0. The predicted octanol–water partition coefficient (Wildman–Crippen LogP) is 3.60. The fourth-order valence-electron chi connectivity index (χ4n) is 2.26. The maximum atomic E-state index is 12.0. The number of nitrogens with one attached hydrogen (secondary N) is 1. The number of hydrogen-bond acceptors (Lipinski definition) is 4. The number of ether oxygens (including phenoxy) is 3. The molecule has 0 aliphatic rings. The van der Waals surface area contributed by atoms with Gasteiger partial charge in [-0.2, -0.15) is 0 Å². The first kappa shape index (κ1) is 19.1. The summed E-state index contributed by atoms with van der Waals surface area (Å²) in [6.45, 7) is 4.45. The standard InChI is InChI=1S/C21H23NO4/c1-4-12-26-19-10-8-16(14-20(19)25-3)9-11-21(23)22-15-17-6-5-7-18(13-17)24-2/h4-11,13-14H,1,12,15H2,2-3H3,(H,22,23)/b11-9+. The summed E-state index contributed by atoms with van der Waals surface area (Å²) in [7, 11) is 3.19. The highest BCUT2D eigenvalue weighted by Crippen LogP contribution is 2.28. The normalized spacial score (nSPS) is 10.4. The fourth-order valence-corrected chi connectivity index (χ4v) is 2.26. The first-order valence-corrected chi connectivity index (χ1v) is 8.17. The molecule has 0 atom stereocenters. The van der Waals surface area contributed by atoms with Crippen molar-refractivity contribution in [2.75, 3.05) is 20.8 Å². The molecule has 2 rings (SSSR count). The lowest BCUT2D eigenvalue weighted by molar-refractivity contribution is -0.116. The van der Waals surface area contributed by atoms with Crippen LogP contribution in [0.3, 0.4) is 0 Å². The number of benzene rings is 2. The summed E-state index contributed by atoms with van der Waals surface area (Å²) < 4.78 is 16.0. The van der Waals surface area contributed by atoms with Crippen LogP contribution in [0.15, 0.2) is 61.2 Å². The van der Waals surface area contributed by atoms with Crippen molar-refractivity contribution in [1.29, 1.82) is 0 Å². The molecule has 136 valence electrons. The van der Waals surface area contributed by atoms with Crippen LogP contribution in [0.2, 0.25) is 0 Å². The van der Waals surface area contributed by atoms with Gasteiger partial charge in [0.25, 0.3) is 0 Å². The molecule has 0 fully saturated rings. The molecular formula is C21H23NO4. The molecule has 0 aliphatic carbocycles. The Balaban J connectivity index is 1.95. The third-order valence-corrected chi connectivity index (χ3v) is 3.57. The Hall–Kier alpha value is -3.21. The van der Waals surface area contributed by atoms with Crippen molar-refractivity contribution < 1.29 is 19.0 Å². The molecule has 26 heavy (non-hydrogen) atoms. The summed E-state index contributed by atoms with van der Waals surface area (Å²) >= 11 is 0. The molecule has 0 saturated heterocycles. The van der Waals surface area contributed by atoms with Crippen LogP contribution >= 0.6 is 0 Å². The van der Waals surface area contributed by atoms with Crippen molar-refractivity contribution in [2.45, 2.75) is 6.54 Å². The van der Waals surface area contributed by atoms with E-state index in [0.29, 0.717) is 24.7 Å². The number of hydrogen-bond donors (Lipinski definition) is 1. The first-order valence-electron chi connectivity index (χ1n) is 8.17. The molecule has 1 amide bonds. The summed E-state index contributed by atoms with van der Waals surface area (Å²) in [5, 5.41) is 2.84. The molecule has 0 bridgehead atoms. The van der Waals surface area contributed by atoms with E-state index in [-0.39, 0.29) is 5.91 Å². The lowest BCUT2D eigenvalue weighted by atomic mass is 10.2. The Labute approximate surface area is 153 Å². The van der Waals surface area contributed by atoms with Crippen molar-refractivity contribution in [1.82, 2.24) is 5.32 Å². The minimum atomic E-state index is -0.182. The predicted molar refractivity (Wildman–Crippen MR) is 103 cm³/mol. The zero-order valence-electron chi connectivity index (χ0n) is 15.0. The van der Waals surface area contributed by atoms with E-state index in [1.807, 2.05) is 36.4 Å². The van der Waals surface area contributed by atoms with Crippen molar-refractivity contribution in [2.24, 2.45) is 0 Å². The van der Waals surface area contributed by atoms with E-state index in [9.17, 15) is 4.79 Å². The topological polar surface area (TPSA) is 56.8 Å². The Morgan fingerprint density at radius 1 is 1.12 bits per heavy atom. The third-order valence-electron chi connectivity index (χ3n) is 3.57. The number of rotatable bonds is 9. The van der Waals surface area contributed by atoms with Gasteiger partial charge in [0.05, 0.1) is 14.2 Å². The summed E-state index contributed by atoms with van der Waals surface area (Å²) in [6.07, 6.45) is 4.87. The highest BCUT2D eigenvalue weighted by Gasteiger charge is 2.04. The average Bonchev–Trinajstić information content (AvgIpc) is 2.69. The molecular weight excluding hydrogens is 330 g/mol. The van der Waals surface area contributed by atoms with Crippen LogP contribution in [0.4, 0.5) is 0 Å². The Morgan fingerprint density at radius 3 is 2.69 bits per heavy atom. The smallest absolute Gasteiger partial charge is 0.244 e. The van der Waals surface area contributed by atoms with Gasteiger partial charge in [0, 0.05) is 12.6 Å². The van der Waals surface area contributed by atoms with Gasteiger partial charge >= 0.3 is 0 Å². The largest absolute Gasteiger partial charge is 0.497 e. The second-order valence-electron chi connectivity index (χ2n) is 5.41. The van der Waals surface area contributed by atoms with E-state index in [4.69, 9.17) is 14.2 Å². The van der Waals surface area contributed by atoms with Gasteiger partial charge in [-0.15, -0.1) is 0 Å². The average molecular weight is 353 g/mol. The summed E-state index contributed by atoms with van der Waals surface area (Å²) in [5.74, 6) is 1.81. The van der Waals surface area contributed by atoms with E-state index >= 15 is 0 Å². The Kier molecular flexibility index (Phi) is 7.31. The molecule has 0 aliphatic heterocycles. The van der Waals surface area contributed by atoms with Gasteiger partial charge in [0.15, 0.2) is 11.5 Å². The van der Waals surface area contributed by atoms with Gasteiger partial charge in [-0.1, -0.05) is 30.9 Å². The van der Waals surface area contributed by atoms with Crippen LogP contribution in [0, 0.1) is 0 Å². The summed E-state index contributed by atoms with van der Waals surface area (Å²) in [4.78, 5) is 12.0. The van der Waals surface area contributed by atoms with E-state index in [2.05, 4.69) is 11.9 Å². The van der Waals surface area contributed by atoms with Gasteiger partial charge in [-0.3, -0.25) is 4.79 Å². The molecule has 2 aromatic rings. The molecule has 0 aromatic heterocycles. The van der Waals surface area contributed by atoms with Gasteiger partial charge in [-0.05, 0) is 41.5 Å². The van der Waals surface area contributed by atoms with Crippen LogP contribution in [0.25, 0.3) is 6.08 Å². The Morgan fingerprint density at radius 2 is 1.96 bits per heavy atom. The molecule has 0 saturated carbocycles. The molecule has 5 heteroatoms. The highest BCUT2D eigenvalue weighted by atomic mass is 16.5. The van der Waals surface area contributed by atoms with Gasteiger partial charge in [0.1, 0.15) is 12.4 Å². The second kappa shape index (κ2) is 9.93. The minimum absolute atomic E-state index is 0.182. The van der Waals surface area contributed by atoms with E-state index in [1.165, 1.54) is 6.08 Å². The SMILES string of the molecule is C=CCOc1ccc(/C=C/C(=O)NCc2cccc(OC)c2)cc1OC. The first-order chi connectivity index (χ1) is 12.7. The molecule has 0 radical (unpaired) electrons. The maximum Gasteiger partial charge on any atom is 0.244 e. The Bertz CT molecular complexity index is 783. The number of carbonyl (C=O) groups is 1. The minimum Gasteiger partial charge on any atom is -0.497 e. The highest BCUT2D eigenvalue weighted by molar-refractivity contribution is 5.91. The lowest BCUT2D eigenvalue weighted by Crippen LogP contribution is -2.20. The zero-order valence-corrected chi connectivity index (χ0v) is 15.0. The molecule has 2 aromatic carbocycles. The van der Waals surface area contributed by atoms with E-state index in [1.54, 1.807) is 32.4 Å². The van der Waals surface area contributed by atoms with Crippen molar-refractivity contribution >= 4 is 12.0 Å². The van der Waals surface area contributed by atoms with Gasteiger partial charge < -0.3 is 19.5 Å². The monoisotopic (exact) mass is 353 g/mol. The molecule has 0 spiro atoms. The van der Waals surface area contributed by atoms with Crippen LogP contribution < -0.4 is 19.5 Å². The fraction of sp³-hybridized carbons (Fsp3) is 0.190. The number of amides is 1. The van der Waals surface area contributed by atoms with Crippen LogP contribution in [0.5, 0.6) is 17.2 Å².